The molecule has 0 aliphatic carbocycles. The third-order valence-electron chi connectivity index (χ3n) is 3.76. The average molecular weight is 309 g/mol. The topological polar surface area (TPSA) is 56.1 Å². The van der Waals surface area contributed by atoms with Crippen molar-refractivity contribution >= 4 is 16.8 Å². The first-order valence-corrected chi connectivity index (χ1v) is 7.48. The van der Waals surface area contributed by atoms with Gasteiger partial charge in [0.25, 0.3) is 0 Å². The van der Waals surface area contributed by atoms with E-state index in [1.807, 2.05) is 49.4 Å². The van der Waals surface area contributed by atoms with Crippen LogP contribution in [0.25, 0.3) is 10.9 Å². The maximum atomic E-state index is 12.2. The lowest BCUT2D eigenvalue weighted by molar-refractivity contribution is -0.121. The third-order valence-corrected chi connectivity index (χ3v) is 3.76. The van der Waals surface area contributed by atoms with Crippen molar-refractivity contribution in [2.45, 2.75) is 20.0 Å². The number of rotatable bonds is 5. The third kappa shape index (κ3) is 3.34. The molecule has 0 radical (unpaired) electrons. The van der Waals surface area contributed by atoms with Crippen molar-refractivity contribution < 1.29 is 9.53 Å². The Kier molecular flexibility index (Phi) is 4.28. The summed E-state index contributed by atoms with van der Waals surface area (Å²) in [5, 5.41) is 8.24. The molecule has 0 saturated carbocycles. The lowest BCUT2D eigenvalue weighted by atomic mass is 10.2. The first-order valence-electron chi connectivity index (χ1n) is 7.48. The van der Waals surface area contributed by atoms with Gasteiger partial charge in [0.2, 0.25) is 5.91 Å². The van der Waals surface area contributed by atoms with Crippen LogP contribution in [0.1, 0.15) is 11.1 Å². The molecule has 0 aliphatic rings. The van der Waals surface area contributed by atoms with Crippen molar-refractivity contribution in [3.63, 3.8) is 0 Å². The first-order chi connectivity index (χ1) is 11.2. The fourth-order valence-electron chi connectivity index (χ4n) is 2.54. The molecule has 0 spiro atoms. The zero-order valence-corrected chi connectivity index (χ0v) is 13.2. The molecule has 0 bridgehead atoms. The Balaban J connectivity index is 1.68. The number of para-hydroxylation sites is 1. The van der Waals surface area contributed by atoms with Crippen LogP contribution in [-0.2, 0) is 17.9 Å². The number of fused-ring (bicyclic) bond motifs is 1. The van der Waals surface area contributed by atoms with E-state index in [0.717, 1.165) is 27.8 Å². The first kappa shape index (κ1) is 15.1. The molecule has 1 amide bonds. The quantitative estimate of drug-likeness (QED) is 0.788. The number of carbonyl (C=O) groups excluding carboxylic acids is 1. The number of aromatic nitrogens is 2. The van der Waals surface area contributed by atoms with E-state index in [1.54, 1.807) is 18.0 Å². The van der Waals surface area contributed by atoms with Crippen LogP contribution in [0, 0.1) is 6.92 Å². The Morgan fingerprint density at radius 2 is 2.09 bits per heavy atom. The molecule has 0 atom stereocenters. The molecule has 1 aromatic heterocycles. The Bertz CT molecular complexity index is 839. The van der Waals surface area contributed by atoms with E-state index in [0.29, 0.717) is 6.54 Å². The molecule has 5 heteroatoms. The van der Waals surface area contributed by atoms with Gasteiger partial charge in [0.1, 0.15) is 12.3 Å². The summed E-state index contributed by atoms with van der Waals surface area (Å²) in [5.74, 6) is 0.690. The highest BCUT2D eigenvalue weighted by molar-refractivity contribution is 5.82. The number of hydrogen-bond acceptors (Lipinski definition) is 3. The van der Waals surface area contributed by atoms with Crippen LogP contribution in [0.2, 0.25) is 0 Å². The summed E-state index contributed by atoms with van der Waals surface area (Å²) in [6.07, 6.45) is 1.78. The zero-order chi connectivity index (χ0) is 16.2. The van der Waals surface area contributed by atoms with Crippen LogP contribution < -0.4 is 10.1 Å². The zero-order valence-electron chi connectivity index (χ0n) is 13.2. The predicted octanol–water partition coefficient (Wildman–Crippen LogP) is 2.67. The Morgan fingerprint density at radius 1 is 1.26 bits per heavy atom. The Hall–Kier alpha value is -2.82. The normalized spacial score (nSPS) is 10.7. The SMILES string of the molecule is COc1ccccc1CNC(=O)Cn1ncc2ccc(C)cc21. The Morgan fingerprint density at radius 3 is 2.91 bits per heavy atom. The molecule has 0 saturated heterocycles. The van der Waals surface area contributed by atoms with Gasteiger partial charge in [-0.3, -0.25) is 9.48 Å². The molecule has 2 aromatic carbocycles. The van der Waals surface area contributed by atoms with E-state index in [-0.39, 0.29) is 12.5 Å². The van der Waals surface area contributed by atoms with Gasteiger partial charge in [-0.05, 0) is 24.6 Å². The van der Waals surface area contributed by atoms with E-state index in [1.165, 1.54) is 0 Å². The second-order valence-electron chi connectivity index (χ2n) is 5.45. The smallest absolute Gasteiger partial charge is 0.242 e. The minimum absolute atomic E-state index is 0.0811. The van der Waals surface area contributed by atoms with Gasteiger partial charge in [0, 0.05) is 17.5 Å². The summed E-state index contributed by atoms with van der Waals surface area (Å²) in [5.41, 5.74) is 3.07. The van der Waals surface area contributed by atoms with Crippen LogP contribution in [0.15, 0.2) is 48.7 Å². The summed E-state index contributed by atoms with van der Waals surface area (Å²) in [4.78, 5) is 12.2. The van der Waals surface area contributed by atoms with Crippen LogP contribution >= 0.6 is 0 Å². The molecule has 3 aromatic rings. The van der Waals surface area contributed by atoms with Crippen molar-refractivity contribution in [2.24, 2.45) is 0 Å². The van der Waals surface area contributed by atoms with Gasteiger partial charge in [0.15, 0.2) is 0 Å². The highest BCUT2D eigenvalue weighted by Crippen LogP contribution is 2.17. The maximum Gasteiger partial charge on any atom is 0.242 e. The molecular weight excluding hydrogens is 290 g/mol. The van der Waals surface area contributed by atoms with Crippen LogP contribution in [0.5, 0.6) is 5.75 Å². The number of nitrogens with zero attached hydrogens (tertiary/aromatic N) is 2. The standard InChI is InChI=1S/C18H19N3O2/c1-13-7-8-14-11-20-21(16(14)9-13)12-18(22)19-10-15-5-3-4-6-17(15)23-2/h3-9,11H,10,12H2,1-2H3,(H,19,22). The van der Waals surface area contributed by atoms with E-state index in [4.69, 9.17) is 4.74 Å². The number of amides is 1. The predicted molar refractivity (Wildman–Crippen MR) is 89.3 cm³/mol. The molecule has 118 valence electrons. The molecule has 5 nitrogen and oxygen atoms in total. The number of methoxy groups -OCH3 is 1. The second-order valence-corrected chi connectivity index (χ2v) is 5.45. The van der Waals surface area contributed by atoms with Crippen LogP contribution in [-0.4, -0.2) is 22.8 Å². The van der Waals surface area contributed by atoms with E-state index < -0.39 is 0 Å². The highest BCUT2D eigenvalue weighted by atomic mass is 16.5. The van der Waals surface area contributed by atoms with Crippen molar-refractivity contribution in [3.05, 3.63) is 59.8 Å². The average Bonchev–Trinajstić information content (AvgIpc) is 2.95. The minimum atomic E-state index is -0.0811. The molecular formula is C18H19N3O2. The molecule has 23 heavy (non-hydrogen) atoms. The highest BCUT2D eigenvalue weighted by Gasteiger charge is 2.09. The number of hydrogen-bond donors (Lipinski definition) is 1. The molecule has 0 unspecified atom stereocenters. The summed E-state index contributed by atoms with van der Waals surface area (Å²) >= 11 is 0. The van der Waals surface area contributed by atoms with Gasteiger partial charge < -0.3 is 10.1 Å². The van der Waals surface area contributed by atoms with E-state index in [9.17, 15) is 4.79 Å². The largest absolute Gasteiger partial charge is 0.496 e. The van der Waals surface area contributed by atoms with Crippen molar-refractivity contribution in [2.75, 3.05) is 7.11 Å². The van der Waals surface area contributed by atoms with Crippen LogP contribution in [0.3, 0.4) is 0 Å². The van der Waals surface area contributed by atoms with E-state index >= 15 is 0 Å². The van der Waals surface area contributed by atoms with Crippen molar-refractivity contribution in [3.8, 4) is 5.75 Å². The fourth-order valence-corrected chi connectivity index (χ4v) is 2.54. The monoisotopic (exact) mass is 309 g/mol. The fraction of sp³-hybridized carbons (Fsp3) is 0.222. The van der Waals surface area contributed by atoms with E-state index in [2.05, 4.69) is 10.4 Å². The van der Waals surface area contributed by atoms with Gasteiger partial charge in [0.05, 0.1) is 18.8 Å². The molecule has 0 fully saturated rings. The molecule has 1 N–H and O–H groups in total. The number of ether oxygens (including phenoxy) is 1. The van der Waals surface area contributed by atoms with Gasteiger partial charge in [-0.1, -0.05) is 30.3 Å². The summed E-state index contributed by atoms with van der Waals surface area (Å²) in [6.45, 7) is 2.65. The molecule has 1 heterocycles. The molecule has 3 rings (SSSR count). The minimum Gasteiger partial charge on any atom is -0.496 e. The number of nitrogens with one attached hydrogen (secondary N) is 1. The van der Waals surface area contributed by atoms with Gasteiger partial charge in [-0.25, -0.2) is 0 Å². The number of carbonyl (C=O) groups is 1. The van der Waals surface area contributed by atoms with Crippen LogP contribution in [0.4, 0.5) is 0 Å². The lowest BCUT2D eigenvalue weighted by Crippen LogP contribution is -2.27. The Labute approximate surface area is 134 Å². The second kappa shape index (κ2) is 6.52. The molecule has 0 aliphatic heterocycles. The summed E-state index contributed by atoms with van der Waals surface area (Å²) in [6, 6.07) is 13.7. The van der Waals surface area contributed by atoms with Crippen molar-refractivity contribution in [1.29, 1.82) is 0 Å². The van der Waals surface area contributed by atoms with Gasteiger partial charge >= 0.3 is 0 Å². The summed E-state index contributed by atoms with van der Waals surface area (Å²) < 4.78 is 7.01. The number of benzene rings is 2. The lowest BCUT2D eigenvalue weighted by Gasteiger charge is -2.10. The summed E-state index contributed by atoms with van der Waals surface area (Å²) in [7, 11) is 1.62. The maximum absolute atomic E-state index is 12.2. The van der Waals surface area contributed by atoms with Gasteiger partial charge in [-0.15, -0.1) is 0 Å². The van der Waals surface area contributed by atoms with Gasteiger partial charge in [-0.2, -0.15) is 5.10 Å². The van der Waals surface area contributed by atoms with Crippen molar-refractivity contribution in [1.82, 2.24) is 15.1 Å². The number of aryl methyl sites for hydroxylation is 1.